The van der Waals surface area contributed by atoms with E-state index >= 15 is 4.79 Å². The number of para-hydroxylation sites is 1. The van der Waals surface area contributed by atoms with Crippen LogP contribution in [-0.2, 0) is 24.6 Å². The zero-order valence-corrected chi connectivity index (χ0v) is 28.4. The van der Waals surface area contributed by atoms with Crippen LogP contribution in [0, 0.1) is 23.7 Å². The van der Waals surface area contributed by atoms with E-state index in [0.717, 1.165) is 5.01 Å². The molecule has 2 aliphatic carbocycles. The molecule has 3 aromatic rings. The molecule has 4 N–H and O–H groups in total. The number of likely N-dealkylation sites (tertiary alicyclic amines) is 1. The van der Waals surface area contributed by atoms with Crippen LogP contribution in [0.1, 0.15) is 36.8 Å². The third-order valence-electron chi connectivity index (χ3n) is 10.4. The van der Waals surface area contributed by atoms with Crippen LogP contribution in [-0.4, -0.2) is 58.4 Å². The molecule has 50 heavy (non-hydrogen) atoms. The number of rotatable bonds is 7. The van der Waals surface area contributed by atoms with Gasteiger partial charge in [-0.25, -0.2) is 4.79 Å². The van der Waals surface area contributed by atoms with E-state index in [1.54, 1.807) is 61.5 Å². The molecule has 0 bridgehead atoms. The molecule has 0 spiro atoms. The van der Waals surface area contributed by atoms with Gasteiger partial charge in [-0.05, 0) is 67.6 Å². The molecule has 6 atom stereocenters. The summed E-state index contributed by atoms with van der Waals surface area (Å²) in [6, 6.07) is 15.1. The number of hydrogen-bond donors (Lipinski definition) is 3. The maximum Gasteiger partial charge on any atom is 0.328 e. The predicted molar refractivity (Wildman–Crippen MR) is 181 cm³/mol. The number of allylic oxidation sites excluding steroid dienone is 2. The average Bonchev–Trinajstić information content (AvgIpc) is 3.48. The Hall–Kier alpha value is -5.07. The summed E-state index contributed by atoms with van der Waals surface area (Å²) in [6.45, 7) is 2.00. The molecule has 7 rings (SSSR count). The predicted octanol–water partition coefficient (Wildman–Crippen LogP) is 5.17. The Kier molecular flexibility index (Phi) is 8.26. The number of aromatic hydroxyl groups is 1. The van der Waals surface area contributed by atoms with Gasteiger partial charge < -0.3 is 20.3 Å². The second-order valence-corrected chi connectivity index (χ2v) is 13.5. The smallest absolute Gasteiger partial charge is 0.328 e. The summed E-state index contributed by atoms with van der Waals surface area (Å²) in [7, 11) is 1.51. The van der Waals surface area contributed by atoms with Crippen LogP contribution in [0.4, 0.5) is 10.5 Å². The number of carbonyl (C=O) groups is 5. The highest BCUT2D eigenvalue weighted by molar-refractivity contribution is 6.36. The van der Waals surface area contributed by atoms with Crippen LogP contribution < -0.4 is 20.6 Å². The third-order valence-corrected chi connectivity index (χ3v) is 11.0. The maximum atomic E-state index is 15.3. The van der Waals surface area contributed by atoms with E-state index in [-0.39, 0.29) is 47.2 Å². The number of urea groups is 1. The van der Waals surface area contributed by atoms with E-state index in [9.17, 15) is 24.3 Å². The Morgan fingerprint density at radius 2 is 1.76 bits per heavy atom. The summed E-state index contributed by atoms with van der Waals surface area (Å²) in [5.41, 5.74) is 8.25. The fraction of sp³-hybridized carbons (Fsp3) is 0.306. The van der Waals surface area contributed by atoms with E-state index in [2.05, 4.69) is 5.43 Å². The zero-order valence-electron chi connectivity index (χ0n) is 26.9. The number of anilines is 1. The number of nitrogens with one attached hydrogen (secondary N) is 1. The Labute approximate surface area is 296 Å². The lowest BCUT2D eigenvalue weighted by Crippen LogP contribution is -2.53. The second-order valence-electron chi connectivity index (χ2n) is 12.7. The van der Waals surface area contributed by atoms with Gasteiger partial charge in [0.2, 0.25) is 11.8 Å². The molecule has 258 valence electrons. The molecule has 14 heteroatoms. The molecular formula is C36H32Cl2N4O8. The summed E-state index contributed by atoms with van der Waals surface area (Å²) < 4.78 is 11.2. The first-order chi connectivity index (χ1) is 23.9. The molecule has 12 nitrogen and oxygen atoms in total. The largest absolute Gasteiger partial charge is 0.504 e. The number of hydrazine groups is 1. The first-order valence-electron chi connectivity index (χ1n) is 16.0. The monoisotopic (exact) mass is 718 g/mol. The molecule has 4 aliphatic rings. The Morgan fingerprint density at radius 3 is 2.42 bits per heavy atom. The van der Waals surface area contributed by atoms with Crippen molar-refractivity contribution in [1.82, 2.24) is 9.91 Å². The van der Waals surface area contributed by atoms with E-state index in [4.69, 9.17) is 38.4 Å². The van der Waals surface area contributed by atoms with Crippen LogP contribution in [0.2, 0.25) is 10.0 Å². The fourth-order valence-corrected chi connectivity index (χ4v) is 8.90. The molecule has 6 amide bonds. The van der Waals surface area contributed by atoms with Crippen LogP contribution in [0.3, 0.4) is 0 Å². The number of nitrogens with two attached hydrogens (primary N) is 1. The first-order valence-corrected chi connectivity index (χ1v) is 16.8. The van der Waals surface area contributed by atoms with Crippen molar-refractivity contribution < 1.29 is 38.6 Å². The van der Waals surface area contributed by atoms with Crippen LogP contribution in [0.5, 0.6) is 17.2 Å². The number of halogens is 2. The summed E-state index contributed by atoms with van der Waals surface area (Å²) in [4.78, 5) is 70.0. The van der Waals surface area contributed by atoms with E-state index in [1.807, 2.05) is 0 Å². The van der Waals surface area contributed by atoms with Gasteiger partial charge >= 0.3 is 6.03 Å². The van der Waals surface area contributed by atoms with Crippen molar-refractivity contribution in [3.63, 3.8) is 0 Å². The Bertz CT molecular complexity index is 2000. The van der Waals surface area contributed by atoms with Crippen molar-refractivity contribution in [2.45, 2.75) is 31.1 Å². The number of ether oxygens (including phenoxy) is 2. The normalized spacial score (nSPS) is 27.0. The van der Waals surface area contributed by atoms with Gasteiger partial charge in [0.25, 0.3) is 11.8 Å². The zero-order chi connectivity index (χ0) is 35.6. The van der Waals surface area contributed by atoms with Crippen LogP contribution >= 0.6 is 23.2 Å². The first kappa shape index (κ1) is 33.4. The number of primary amides is 1. The highest BCUT2D eigenvalue weighted by atomic mass is 35.5. The van der Waals surface area contributed by atoms with Gasteiger partial charge in [0, 0.05) is 16.5 Å². The average molecular weight is 720 g/mol. The van der Waals surface area contributed by atoms with E-state index < -0.39 is 64.7 Å². The molecule has 6 unspecified atom stereocenters. The molecule has 3 fully saturated rings. The molecule has 2 heterocycles. The minimum Gasteiger partial charge on any atom is -0.504 e. The molecule has 0 radical (unpaired) electrons. The quantitative estimate of drug-likeness (QED) is 0.220. The summed E-state index contributed by atoms with van der Waals surface area (Å²) >= 11 is 12.6. The molecule has 2 aliphatic heterocycles. The van der Waals surface area contributed by atoms with E-state index in [0.29, 0.717) is 26.8 Å². The number of imide groups is 4. The minimum atomic E-state index is -1.69. The fourth-order valence-electron chi connectivity index (χ4n) is 8.45. The standard InChI is InChI=1S/C36H32Cl2N4O8/c1-3-50-27-6-4-5-22(30(27)43)29-20-12-13-21-28(33(46)41(31(21)44)35(39)48)23(20)16-24-32(45)42(40-26-14-9-18(37)15-25(26)38)34(47)36(24,29)17-7-10-19(49-2)11-8-17/h4-12,14-15,21,23-24,28-29,40,43H,3,13,16H2,1-2H3,(H2,39,48). The number of fused-ring (bicyclic) bond motifs is 4. The number of phenolic OH excluding ortho intramolecular Hbond substituents is 1. The van der Waals surface area contributed by atoms with Crippen molar-refractivity contribution in [3.8, 4) is 17.2 Å². The lowest BCUT2D eigenvalue weighted by atomic mass is 9.49. The van der Waals surface area contributed by atoms with Gasteiger partial charge in [0.05, 0.1) is 47.6 Å². The van der Waals surface area contributed by atoms with Crippen molar-refractivity contribution in [2.24, 2.45) is 29.4 Å². The Morgan fingerprint density at radius 1 is 1.02 bits per heavy atom. The second kappa shape index (κ2) is 12.4. The number of carbonyl (C=O) groups excluding carboxylic acids is 5. The number of amides is 6. The summed E-state index contributed by atoms with van der Waals surface area (Å²) in [6.07, 6.45) is 1.83. The summed E-state index contributed by atoms with van der Waals surface area (Å²) in [5.74, 6) is -7.16. The number of methoxy groups -OCH3 is 1. The highest BCUT2D eigenvalue weighted by Gasteiger charge is 2.71. The van der Waals surface area contributed by atoms with Gasteiger partial charge in [-0.1, -0.05) is 59.1 Å². The van der Waals surface area contributed by atoms with Crippen molar-refractivity contribution >= 4 is 58.5 Å². The summed E-state index contributed by atoms with van der Waals surface area (Å²) in [5, 5.41) is 13.2. The highest BCUT2D eigenvalue weighted by Crippen LogP contribution is 2.65. The van der Waals surface area contributed by atoms with Gasteiger partial charge in [-0.3, -0.25) is 24.6 Å². The topological polar surface area (TPSA) is 169 Å². The lowest BCUT2D eigenvalue weighted by molar-refractivity contribution is -0.139. The molecule has 1 saturated carbocycles. The molecule has 0 aromatic heterocycles. The number of benzene rings is 3. The third kappa shape index (κ3) is 4.76. The molecular weight excluding hydrogens is 687 g/mol. The SMILES string of the molecule is CCOc1cccc(C2C3=CCC4C(=O)N(C(N)=O)C(=O)C4C3CC3C(=O)N(Nc4ccc(Cl)cc4Cl)C(=O)C32c2ccc(OC)cc2)c1O. The van der Waals surface area contributed by atoms with Crippen molar-refractivity contribution in [2.75, 3.05) is 19.1 Å². The number of hydrogen-bond acceptors (Lipinski definition) is 9. The lowest BCUT2D eigenvalue weighted by Gasteiger charge is -2.50. The number of nitrogens with zero attached hydrogens (tertiary/aromatic N) is 2. The van der Waals surface area contributed by atoms with Crippen molar-refractivity contribution in [1.29, 1.82) is 0 Å². The maximum absolute atomic E-state index is 15.3. The molecule has 3 aromatic carbocycles. The van der Waals surface area contributed by atoms with E-state index in [1.165, 1.54) is 19.2 Å². The minimum absolute atomic E-state index is 0.0375. The van der Waals surface area contributed by atoms with Gasteiger partial charge in [0.1, 0.15) is 5.75 Å². The van der Waals surface area contributed by atoms with Crippen LogP contribution in [0.15, 0.2) is 72.3 Å². The number of phenols is 1. The van der Waals surface area contributed by atoms with Crippen molar-refractivity contribution in [3.05, 3.63) is 93.5 Å². The van der Waals surface area contributed by atoms with Gasteiger partial charge in [0.15, 0.2) is 11.5 Å². The van der Waals surface area contributed by atoms with Gasteiger partial charge in [-0.2, -0.15) is 9.91 Å². The van der Waals surface area contributed by atoms with Gasteiger partial charge in [-0.15, -0.1) is 0 Å². The van der Waals surface area contributed by atoms with Crippen LogP contribution in [0.25, 0.3) is 0 Å². The molecule has 2 saturated heterocycles. The Balaban J connectivity index is 1.49.